The first-order valence-electron chi connectivity index (χ1n) is 9.70. The molecule has 1 saturated heterocycles. The molecule has 1 fully saturated rings. The molecule has 1 aliphatic rings. The van der Waals surface area contributed by atoms with E-state index >= 15 is 0 Å². The van der Waals surface area contributed by atoms with Crippen molar-refractivity contribution >= 4 is 22.4 Å². The van der Waals surface area contributed by atoms with Gasteiger partial charge in [0.25, 0.3) is 0 Å². The molecule has 1 unspecified atom stereocenters. The number of thiazole rings is 1. The van der Waals surface area contributed by atoms with Gasteiger partial charge >= 0.3 is 0 Å². The summed E-state index contributed by atoms with van der Waals surface area (Å²) in [7, 11) is 1.74. The minimum Gasteiger partial charge on any atom is -0.489 e. The van der Waals surface area contributed by atoms with Gasteiger partial charge in [-0.2, -0.15) is 0 Å². The van der Waals surface area contributed by atoms with Crippen molar-refractivity contribution < 1.29 is 9.13 Å². The number of nitrogens with zero attached hydrogens (tertiary/aromatic N) is 3. The van der Waals surface area contributed by atoms with Crippen molar-refractivity contribution in [1.29, 1.82) is 0 Å². The second kappa shape index (κ2) is 10.3. The zero-order valence-corrected chi connectivity index (χ0v) is 17.3. The van der Waals surface area contributed by atoms with Gasteiger partial charge in [-0.1, -0.05) is 6.07 Å². The Morgan fingerprint density at radius 3 is 2.93 bits per heavy atom. The van der Waals surface area contributed by atoms with Crippen LogP contribution in [0.3, 0.4) is 0 Å². The Hall–Kier alpha value is -2.35. The first-order valence-corrected chi connectivity index (χ1v) is 10.6. The van der Waals surface area contributed by atoms with Gasteiger partial charge in [-0.25, -0.2) is 9.37 Å². The van der Waals surface area contributed by atoms with Crippen molar-refractivity contribution in [3.8, 4) is 5.75 Å². The second-order valence-electron chi connectivity index (χ2n) is 6.83. The summed E-state index contributed by atoms with van der Waals surface area (Å²) in [5.41, 5.74) is 1.11. The Kier molecular flexibility index (Phi) is 7.47. The lowest BCUT2D eigenvalue weighted by molar-refractivity contribution is 0.223. The van der Waals surface area contributed by atoms with Crippen molar-refractivity contribution in [2.75, 3.05) is 38.1 Å². The van der Waals surface area contributed by atoms with Crippen LogP contribution in [0.1, 0.15) is 25.5 Å². The highest BCUT2D eigenvalue weighted by atomic mass is 32.1. The highest BCUT2D eigenvalue weighted by molar-refractivity contribution is 7.13. The summed E-state index contributed by atoms with van der Waals surface area (Å²) in [5.74, 6) is 0.935. The van der Waals surface area contributed by atoms with E-state index < -0.39 is 0 Å². The number of aliphatic imine (C=N–C) groups is 1. The highest BCUT2D eigenvalue weighted by Gasteiger charge is 2.15. The number of nitrogens with one attached hydrogen (secondary N) is 2. The van der Waals surface area contributed by atoms with E-state index in [9.17, 15) is 4.39 Å². The molecule has 0 spiro atoms. The van der Waals surface area contributed by atoms with Gasteiger partial charge in [-0.15, -0.1) is 11.3 Å². The highest BCUT2D eigenvalue weighted by Crippen LogP contribution is 2.24. The summed E-state index contributed by atoms with van der Waals surface area (Å²) < 4.78 is 18.9. The maximum absolute atomic E-state index is 13.2. The molecule has 1 aliphatic heterocycles. The van der Waals surface area contributed by atoms with Crippen LogP contribution in [-0.4, -0.2) is 50.3 Å². The molecule has 1 aromatic heterocycles. The van der Waals surface area contributed by atoms with Crippen LogP contribution in [0.15, 0.2) is 34.6 Å². The average Bonchev–Trinajstić information content (AvgIpc) is 3.36. The minimum atomic E-state index is -0.301. The predicted molar refractivity (Wildman–Crippen MR) is 113 cm³/mol. The van der Waals surface area contributed by atoms with E-state index in [2.05, 4.69) is 25.9 Å². The molecular formula is C20H28FN5OS. The molecule has 0 aliphatic carbocycles. The minimum absolute atomic E-state index is 0.123. The molecule has 0 amide bonds. The molecule has 2 heterocycles. The zero-order chi connectivity index (χ0) is 19.8. The molecule has 152 valence electrons. The number of guanidine groups is 1. The number of rotatable bonds is 8. The molecule has 3 rings (SSSR count). The maximum atomic E-state index is 13.2. The van der Waals surface area contributed by atoms with E-state index in [4.69, 9.17) is 9.72 Å². The van der Waals surface area contributed by atoms with E-state index in [-0.39, 0.29) is 11.9 Å². The topological polar surface area (TPSA) is 61.8 Å². The van der Waals surface area contributed by atoms with Gasteiger partial charge in [0.1, 0.15) is 17.7 Å². The number of aromatic nitrogens is 1. The Morgan fingerprint density at radius 2 is 2.18 bits per heavy atom. The third-order valence-corrected chi connectivity index (χ3v) is 5.45. The van der Waals surface area contributed by atoms with Crippen molar-refractivity contribution in [2.45, 2.75) is 32.3 Å². The van der Waals surface area contributed by atoms with E-state index in [0.717, 1.165) is 36.9 Å². The second-order valence-corrected chi connectivity index (χ2v) is 7.67. The fraction of sp³-hybridized carbons (Fsp3) is 0.500. The number of ether oxygens (including phenoxy) is 1. The standard InChI is InChI=1S/C20H28FN5OS/c1-15(27-18-7-5-6-16(21)12-18)13-24-19(22-2)23-9-8-17-14-28-20(25-17)26-10-3-4-11-26/h5-7,12,14-15H,3-4,8-11,13H2,1-2H3,(H2,22,23,24). The van der Waals surface area contributed by atoms with Gasteiger partial charge < -0.3 is 20.3 Å². The van der Waals surface area contributed by atoms with Crippen LogP contribution in [-0.2, 0) is 6.42 Å². The Morgan fingerprint density at radius 1 is 1.36 bits per heavy atom. The van der Waals surface area contributed by atoms with Gasteiger partial charge in [0.15, 0.2) is 11.1 Å². The predicted octanol–water partition coefficient (Wildman–Crippen LogP) is 3.06. The van der Waals surface area contributed by atoms with Crippen LogP contribution in [0.2, 0.25) is 0 Å². The van der Waals surface area contributed by atoms with Crippen LogP contribution >= 0.6 is 11.3 Å². The molecule has 8 heteroatoms. The molecule has 6 nitrogen and oxygen atoms in total. The fourth-order valence-electron chi connectivity index (χ4n) is 3.05. The van der Waals surface area contributed by atoms with E-state index in [0.29, 0.717) is 18.3 Å². The van der Waals surface area contributed by atoms with Gasteiger partial charge in [-0.3, -0.25) is 4.99 Å². The number of hydrogen-bond acceptors (Lipinski definition) is 5. The van der Waals surface area contributed by atoms with E-state index in [1.165, 1.54) is 25.0 Å². The number of hydrogen-bond donors (Lipinski definition) is 2. The lowest BCUT2D eigenvalue weighted by Gasteiger charge is -2.17. The Balaban J connectivity index is 1.37. The van der Waals surface area contributed by atoms with E-state index in [1.807, 2.05) is 6.92 Å². The monoisotopic (exact) mass is 405 g/mol. The molecular weight excluding hydrogens is 377 g/mol. The van der Waals surface area contributed by atoms with Crippen LogP contribution in [0.4, 0.5) is 9.52 Å². The van der Waals surface area contributed by atoms with Crippen LogP contribution < -0.4 is 20.3 Å². The van der Waals surface area contributed by atoms with Gasteiger partial charge in [0, 0.05) is 44.5 Å². The summed E-state index contributed by atoms with van der Waals surface area (Å²) >= 11 is 1.73. The molecule has 1 aromatic carbocycles. The summed E-state index contributed by atoms with van der Waals surface area (Å²) in [6.45, 7) is 5.49. The average molecular weight is 406 g/mol. The largest absolute Gasteiger partial charge is 0.489 e. The van der Waals surface area contributed by atoms with Gasteiger partial charge in [0.2, 0.25) is 0 Å². The Bertz CT molecular complexity index is 775. The summed E-state index contributed by atoms with van der Waals surface area (Å²) in [5, 5.41) is 9.81. The third-order valence-electron chi connectivity index (χ3n) is 4.50. The molecule has 28 heavy (non-hydrogen) atoms. The number of halogens is 1. The lowest BCUT2D eigenvalue weighted by Crippen LogP contribution is -2.42. The molecule has 2 aromatic rings. The van der Waals surface area contributed by atoms with Crippen LogP contribution in [0, 0.1) is 5.82 Å². The first-order chi connectivity index (χ1) is 13.6. The maximum Gasteiger partial charge on any atom is 0.191 e. The number of anilines is 1. The summed E-state index contributed by atoms with van der Waals surface area (Å²) in [6, 6.07) is 6.17. The van der Waals surface area contributed by atoms with E-state index in [1.54, 1.807) is 30.5 Å². The fourth-order valence-corrected chi connectivity index (χ4v) is 3.96. The molecule has 0 bridgehead atoms. The molecule has 2 N–H and O–H groups in total. The van der Waals surface area contributed by atoms with Crippen molar-refractivity contribution in [2.24, 2.45) is 4.99 Å². The number of benzene rings is 1. The van der Waals surface area contributed by atoms with Crippen LogP contribution in [0.5, 0.6) is 5.75 Å². The zero-order valence-electron chi connectivity index (χ0n) is 16.4. The molecule has 0 saturated carbocycles. The van der Waals surface area contributed by atoms with Gasteiger partial charge in [0.05, 0.1) is 12.2 Å². The van der Waals surface area contributed by atoms with Crippen molar-refractivity contribution in [3.63, 3.8) is 0 Å². The molecule has 0 radical (unpaired) electrons. The Labute approximate surface area is 169 Å². The SMILES string of the molecule is CN=C(NCCc1csc(N2CCCC2)n1)NCC(C)Oc1cccc(F)c1. The third kappa shape index (κ3) is 6.09. The molecule has 1 atom stereocenters. The van der Waals surface area contributed by atoms with Gasteiger partial charge in [-0.05, 0) is 31.9 Å². The normalized spacial score (nSPS) is 15.5. The van der Waals surface area contributed by atoms with Crippen molar-refractivity contribution in [3.05, 3.63) is 41.2 Å². The van der Waals surface area contributed by atoms with Crippen LogP contribution in [0.25, 0.3) is 0 Å². The smallest absolute Gasteiger partial charge is 0.191 e. The summed E-state index contributed by atoms with van der Waals surface area (Å²) in [6.07, 6.45) is 3.25. The summed E-state index contributed by atoms with van der Waals surface area (Å²) in [4.78, 5) is 11.3. The first kappa shape index (κ1) is 20.4. The quantitative estimate of drug-likeness (QED) is 0.522. The lowest BCUT2D eigenvalue weighted by atomic mass is 10.3. The van der Waals surface area contributed by atoms with Crippen molar-refractivity contribution in [1.82, 2.24) is 15.6 Å².